The Hall–Kier alpha value is -0.720. The minimum Gasteiger partial charge on any atom is -0.260 e. The van der Waals surface area contributed by atoms with Crippen molar-refractivity contribution in [1.29, 1.82) is 0 Å². The molecular formula is C12H18ClFN2O2S. The molecule has 0 saturated carbocycles. The minimum absolute atomic E-state index is 0.166. The van der Waals surface area contributed by atoms with Crippen LogP contribution in [0.25, 0.3) is 0 Å². The molecule has 0 amide bonds. The molecule has 1 aromatic rings. The number of rotatable bonds is 7. The second-order valence-corrected chi connectivity index (χ2v) is 7.27. The molecule has 0 bridgehead atoms. The maximum absolute atomic E-state index is 13.0. The van der Waals surface area contributed by atoms with Crippen molar-refractivity contribution in [2.75, 3.05) is 12.4 Å². The molecule has 19 heavy (non-hydrogen) atoms. The second-order valence-electron chi connectivity index (χ2n) is 5.12. The van der Waals surface area contributed by atoms with Crippen LogP contribution in [0.3, 0.4) is 0 Å². The summed E-state index contributed by atoms with van der Waals surface area (Å²) in [5.41, 5.74) is -0.206. The van der Waals surface area contributed by atoms with Crippen molar-refractivity contribution in [2.45, 2.75) is 31.6 Å². The molecule has 0 aliphatic rings. The van der Waals surface area contributed by atoms with Crippen LogP contribution in [0, 0.1) is 11.2 Å². The average molecular weight is 309 g/mol. The average Bonchev–Trinajstić information content (AvgIpc) is 2.34. The number of sulfonamides is 1. The fourth-order valence-corrected chi connectivity index (χ4v) is 2.90. The molecule has 108 valence electrons. The summed E-state index contributed by atoms with van der Waals surface area (Å²) in [6, 6.07) is 0.946. The van der Waals surface area contributed by atoms with E-state index in [1.54, 1.807) is 0 Å². The van der Waals surface area contributed by atoms with Crippen LogP contribution < -0.4 is 4.72 Å². The first kappa shape index (κ1) is 16.3. The van der Waals surface area contributed by atoms with Gasteiger partial charge >= 0.3 is 0 Å². The molecule has 0 radical (unpaired) electrons. The van der Waals surface area contributed by atoms with E-state index in [-0.39, 0.29) is 16.9 Å². The number of nitrogens with one attached hydrogen (secondary N) is 1. The third-order valence-electron chi connectivity index (χ3n) is 2.72. The number of hydrogen-bond acceptors (Lipinski definition) is 3. The Balaban J connectivity index is 2.71. The lowest BCUT2D eigenvalue weighted by atomic mass is 9.88. The molecule has 1 rings (SSSR count). The van der Waals surface area contributed by atoms with Gasteiger partial charge < -0.3 is 0 Å². The molecule has 0 unspecified atom stereocenters. The van der Waals surface area contributed by atoms with E-state index in [2.05, 4.69) is 9.71 Å². The van der Waals surface area contributed by atoms with Gasteiger partial charge in [0.25, 0.3) is 0 Å². The zero-order valence-corrected chi connectivity index (χ0v) is 12.6. The van der Waals surface area contributed by atoms with Crippen LogP contribution >= 0.6 is 11.6 Å². The third kappa shape index (κ3) is 5.42. The fourth-order valence-electron chi connectivity index (χ4n) is 1.55. The van der Waals surface area contributed by atoms with Crippen LogP contribution in [-0.2, 0) is 10.0 Å². The Morgan fingerprint density at radius 1 is 1.42 bits per heavy atom. The topological polar surface area (TPSA) is 59.1 Å². The number of pyridine rings is 1. The van der Waals surface area contributed by atoms with E-state index in [9.17, 15) is 12.8 Å². The van der Waals surface area contributed by atoms with Crippen molar-refractivity contribution in [3.63, 3.8) is 0 Å². The maximum atomic E-state index is 13.0. The van der Waals surface area contributed by atoms with Crippen LogP contribution in [0.5, 0.6) is 0 Å². The molecule has 0 aromatic carbocycles. The van der Waals surface area contributed by atoms with Gasteiger partial charge in [-0.15, -0.1) is 11.6 Å². The molecule has 0 fully saturated rings. The molecule has 7 heteroatoms. The molecule has 0 spiro atoms. The highest BCUT2D eigenvalue weighted by molar-refractivity contribution is 7.89. The largest absolute Gasteiger partial charge is 0.260 e. The summed E-state index contributed by atoms with van der Waals surface area (Å²) in [5.74, 6) is -0.131. The van der Waals surface area contributed by atoms with Gasteiger partial charge in [-0.2, -0.15) is 0 Å². The maximum Gasteiger partial charge on any atom is 0.242 e. The minimum atomic E-state index is -3.73. The molecule has 0 aliphatic carbocycles. The number of alkyl halides is 1. The summed E-state index contributed by atoms with van der Waals surface area (Å²) in [4.78, 5) is 3.37. The summed E-state index contributed by atoms with van der Waals surface area (Å²) in [6.07, 6.45) is 3.71. The summed E-state index contributed by atoms with van der Waals surface area (Å²) in [7, 11) is -3.73. The van der Waals surface area contributed by atoms with E-state index in [1.165, 1.54) is 0 Å². The standard InChI is InChI=1S/C12H18ClFN2O2S/c1-12(2,4-3-5-13)9-16-19(17,18)11-6-10(14)7-15-8-11/h6-8,16H,3-5,9H2,1-2H3. The van der Waals surface area contributed by atoms with Crippen molar-refractivity contribution in [1.82, 2.24) is 9.71 Å². The van der Waals surface area contributed by atoms with E-state index < -0.39 is 15.8 Å². The molecule has 1 N–H and O–H groups in total. The van der Waals surface area contributed by atoms with Gasteiger partial charge in [0, 0.05) is 18.6 Å². The molecule has 1 aromatic heterocycles. The Kier molecular flexibility index (Phi) is 5.70. The summed E-state index contributed by atoms with van der Waals surface area (Å²) >= 11 is 5.62. The van der Waals surface area contributed by atoms with Crippen LogP contribution in [0.4, 0.5) is 4.39 Å². The Bertz CT molecular complexity index is 520. The van der Waals surface area contributed by atoms with E-state index >= 15 is 0 Å². The molecule has 1 heterocycles. The third-order valence-corrected chi connectivity index (χ3v) is 4.35. The first-order valence-electron chi connectivity index (χ1n) is 5.93. The van der Waals surface area contributed by atoms with Gasteiger partial charge in [-0.1, -0.05) is 13.8 Å². The van der Waals surface area contributed by atoms with Crippen molar-refractivity contribution in [3.8, 4) is 0 Å². The molecule has 0 atom stereocenters. The van der Waals surface area contributed by atoms with Crippen LogP contribution in [0.2, 0.25) is 0 Å². The monoisotopic (exact) mass is 308 g/mol. The predicted octanol–water partition coefficient (Wildman–Crippen LogP) is 2.54. The quantitative estimate of drug-likeness (QED) is 0.788. The smallest absolute Gasteiger partial charge is 0.242 e. The lowest BCUT2D eigenvalue weighted by Crippen LogP contribution is -2.34. The number of halogens is 2. The van der Waals surface area contributed by atoms with Crippen LogP contribution in [0.15, 0.2) is 23.4 Å². The van der Waals surface area contributed by atoms with Gasteiger partial charge in [0.1, 0.15) is 10.7 Å². The second kappa shape index (κ2) is 6.63. The zero-order chi connectivity index (χ0) is 14.5. The van der Waals surface area contributed by atoms with Crippen molar-refractivity contribution >= 4 is 21.6 Å². The van der Waals surface area contributed by atoms with Gasteiger partial charge in [0.15, 0.2) is 0 Å². The van der Waals surface area contributed by atoms with Crippen LogP contribution in [-0.4, -0.2) is 25.8 Å². The Labute approximate surface area is 118 Å². The lowest BCUT2D eigenvalue weighted by Gasteiger charge is -2.24. The van der Waals surface area contributed by atoms with Gasteiger partial charge in [-0.25, -0.2) is 17.5 Å². The molecule has 0 saturated heterocycles. The van der Waals surface area contributed by atoms with Gasteiger partial charge in [0.2, 0.25) is 10.0 Å². The highest BCUT2D eigenvalue weighted by Crippen LogP contribution is 2.22. The first-order valence-corrected chi connectivity index (χ1v) is 7.95. The normalized spacial score (nSPS) is 12.6. The highest BCUT2D eigenvalue weighted by Gasteiger charge is 2.22. The zero-order valence-electron chi connectivity index (χ0n) is 11.0. The molecular weight excluding hydrogens is 291 g/mol. The molecule has 0 aliphatic heterocycles. The number of hydrogen-bond donors (Lipinski definition) is 1. The van der Waals surface area contributed by atoms with Gasteiger partial charge in [-0.05, 0) is 24.3 Å². The number of nitrogens with zero attached hydrogens (tertiary/aromatic N) is 1. The summed E-state index contributed by atoms with van der Waals surface area (Å²) in [6.45, 7) is 4.17. The van der Waals surface area contributed by atoms with E-state index in [0.29, 0.717) is 5.88 Å². The highest BCUT2D eigenvalue weighted by atomic mass is 35.5. The van der Waals surface area contributed by atoms with E-state index in [0.717, 1.165) is 31.3 Å². The summed E-state index contributed by atoms with van der Waals surface area (Å²) in [5, 5.41) is 0. The first-order chi connectivity index (χ1) is 8.77. The molecule has 4 nitrogen and oxygen atoms in total. The lowest BCUT2D eigenvalue weighted by molar-refractivity contribution is 0.331. The number of aromatic nitrogens is 1. The van der Waals surface area contributed by atoms with E-state index in [4.69, 9.17) is 11.6 Å². The van der Waals surface area contributed by atoms with E-state index in [1.807, 2.05) is 13.8 Å². The predicted molar refractivity (Wildman–Crippen MR) is 73.1 cm³/mol. The fraction of sp³-hybridized carbons (Fsp3) is 0.583. The summed E-state index contributed by atoms with van der Waals surface area (Å²) < 4.78 is 39.4. The van der Waals surface area contributed by atoms with Crippen molar-refractivity contribution < 1.29 is 12.8 Å². The van der Waals surface area contributed by atoms with Crippen LogP contribution in [0.1, 0.15) is 26.7 Å². The van der Waals surface area contributed by atoms with Crippen molar-refractivity contribution in [3.05, 3.63) is 24.3 Å². The Morgan fingerprint density at radius 3 is 2.68 bits per heavy atom. The van der Waals surface area contributed by atoms with Gasteiger partial charge in [-0.3, -0.25) is 4.98 Å². The Morgan fingerprint density at radius 2 is 2.11 bits per heavy atom. The van der Waals surface area contributed by atoms with Gasteiger partial charge in [0.05, 0.1) is 6.20 Å². The van der Waals surface area contributed by atoms with Crippen molar-refractivity contribution in [2.24, 2.45) is 5.41 Å². The SMILES string of the molecule is CC(C)(CCCCl)CNS(=O)(=O)c1cncc(F)c1.